The van der Waals surface area contributed by atoms with Crippen LogP contribution in [0.2, 0.25) is 0 Å². The van der Waals surface area contributed by atoms with E-state index in [9.17, 15) is 4.79 Å². The molecule has 5 nitrogen and oxygen atoms in total. The van der Waals surface area contributed by atoms with Crippen LogP contribution in [0.25, 0.3) is 0 Å². The topological polar surface area (TPSA) is 58.8 Å². The van der Waals surface area contributed by atoms with Gasteiger partial charge in [0.2, 0.25) is 0 Å². The maximum Gasteiger partial charge on any atom is 0.410 e. The highest BCUT2D eigenvalue weighted by molar-refractivity contribution is 5.85. The molecule has 18 heavy (non-hydrogen) atoms. The second kappa shape index (κ2) is 7.16. The van der Waals surface area contributed by atoms with Gasteiger partial charge in [-0.15, -0.1) is 12.4 Å². The van der Waals surface area contributed by atoms with Gasteiger partial charge in [0.25, 0.3) is 0 Å². The van der Waals surface area contributed by atoms with Crippen LogP contribution < -0.4 is 5.73 Å². The maximum absolute atomic E-state index is 11.8. The normalized spacial score (nSPS) is 19.1. The van der Waals surface area contributed by atoms with Gasteiger partial charge >= 0.3 is 6.09 Å². The van der Waals surface area contributed by atoms with E-state index >= 15 is 0 Å². The molecule has 0 spiro atoms. The summed E-state index contributed by atoms with van der Waals surface area (Å²) in [5.74, 6) is 0. The maximum atomic E-state index is 11.8. The van der Waals surface area contributed by atoms with Crippen LogP contribution in [0.5, 0.6) is 0 Å². The molecule has 108 valence electrons. The zero-order chi connectivity index (χ0) is 13.1. The molecule has 0 saturated carbocycles. The number of hydrogen-bond donors (Lipinski definition) is 1. The number of nitrogens with zero attached hydrogens (tertiary/aromatic N) is 2. The van der Waals surface area contributed by atoms with Crippen LogP contribution in [0.1, 0.15) is 27.7 Å². The van der Waals surface area contributed by atoms with Gasteiger partial charge in [-0.1, -0.05) is 0 Å². The van der Waals surface area contributed by atoms with Crippen molar-refractivity contribution in [1.82, 2.24) is 9.80 Å². The van der Waals surface area contributed by atoms with E-state index in [1.807, 2.05) is 27.7 Å². The first-order valence-corrected chi connectivity index (χ1v) is 6.24. The van der Waals surface area contributed by atoms with E-state index in [1.54, 1.807) is 4.90 Å². The summed E-state index contributed by atoms with van der Waals surface area (Å²) >= 11 is 0. The molecule has 1 rings (SSSR count). The lowest BCUT2D eigenvalue weighted by Gasteiger charge is -2.36. The second-order valence-corrected chi connectivity index (χ2v) is 5.75. The van der Waals surface area contributed by atoms with Gasteiger partial charge in [0.05, 0.1) is 0 Å². The summed E-state index contributed by atoms with van der Waals surface area (Å²) in [5.41, 5.74) is 5.34. The van der Waals surface area contributed by atoms with Crippen LogP contribution in [-0.2, 0) is 4.74 Å². The molecule has 0 bridgehead atoms. The van der Waals surface area contributed by atoms with E-state index in [0.717, 1.165) is 32.7 Å². The Hall–Kier alpha value is -0.520. The molecule has 2 N–H and O–H groups in total. The second-order valence-electron chi connectivity index (χ2n) is 5.75. The van der Waals surface area contributed by atoms with Gasteiger partial charge < -0.3 is 15.4 Å². The van der Waals surface area contributed by atoms with Crippen LogP contribution in [-0.4, -0.2) is 60.3 Å². The van der Waals surface area contributed by atoms with Crippen LogP contribution >= 0.6 is 12.4 Å². The summed E-state index contributed by atoms with van der Waals surface area (Å²) in [6, 6.07) is 0.183. The molecule has 1 heterocycles. The predicted octanol–water partition coefficient (Wildman–Crippen LogP) is 1.31. The number of piperazine rings is 1. The highest BCUT2D eigenvalue weighted by Crippen LogP contribution is 2.11. The van der Waals surface area contributed by atoms with Gasteiger partial charge in [0.15, 0.2) is 0 Å². The molecule has 1 aliphatic rings. The largest absolute Gasteiger partial charge is 0.444 e. The molecule has 6 heteroatoms. The predicted molar refractivity (Wildman–Crippen MR) is 75.1 cm³/mol. The van der Waals surface area contributed by atoms with Crippen LogP contribution in [0.15, 0.2) is 0 Å². The summed E-state index contributed by atoms with van der Waals surface area (Å²) in [6.07, 6.45) is -0.210. The molecule has 0 aliphatic carbocycles. The highest BCUT2D eigenvalue weighted by Gasteiger charge is 2.25. The summed E-state index contributed by atoms with van der Waals surface area (Å²) in [7, 11) is 0. The molecule has 1 saturated heterocycles. The van der Waals surface area contributed by atoms with Gasteiger partial charge in [0.1, 0.15) is 5.60 Å². The molecule has 1 unspecified atom stereocenters. The van der Waals surface area contributed by atoms with Crippen molar-refractivity contribution in [2.75, 3.05) is 32.7 Å². The summed E-state index contributed by atoms with van der Waals surface area (Å²) in [4.78, 5) is 15.9. The SMILES string of the molecule is CC(N)CN1CCN(C(=O)OC(C)(C)C)CC1.Cl. The smallest absolute Gasteiger partial charge is 0.410 e. The molecule has 1 fully saturated rings. The summed E-state index contributed by atoms with van der Waals surface area (Å²) in [6.45, 7) is 11.7. The van der Waals surface area contributed by atoms with Crippen molar-refractivity contribution in [3.63, 3.8) is 0 Å². The minimum Gasteiger partial charge on any atom is -0.444 e. The lowest BCUT2D eigenvalue weighted by Crippen LogP contribution is -2.51. The van der Waals surface area contributed by atoms with Crippen LogP contribution in [0, 0.1) is 0 Å². The van der Waals surface area contributed by atoms with Crippen molar-refractivity contribution in [3.8, 4) is 0 Å². The Labute approximate surface area is 116 Å². The van der Waals surface area contributed by atoms with Crippen molar-refractivity contribution in [3.05, 3.63) is 0 Å². The number of halogens is 1. The van der Waals surface area contributed by atoms with E-state index in [1.165, 1.54) is 0 Å². The third-order valence-corrected chi connectivity index (χ3v) is 2.57. The minimum absolute atomic E-state index is 0. The lowest BCUT2D eigenvalue weighted by atomic mass is 10.2. The molecule has 0 aromatic carbocycles. The van der Waals surface area contributed by atoms with Crippen molar-refractivity contribution >= 4 is 18.5 Å². The van der Waals surface area contributed by atoms with Gasteiger partial charge in [-0.3, -0.25) is 4.90 Å². The van der Waals surface area contributed by atoms with Gasteiger partial charge in [0, 0.05) is 38.8 Å². The van der Waals surface area contributed by atoms with E-state index in [2.05, 4.69) is 4.90 Å². The number of carbonyl (C=O) groups is 1. The van der Waals surface area contributed by atoms with Crippen molar-refractivity contribution in [1.29, 1.82) is 0 Å². The molecule has 0 aromatic heterocycles. The zero-order valence-corrected chi connectivity index (χ0v) is 12.6. The van der Waals surface area contributed by atoms with E-state index in [0.29, 0.717) is 0 Å². The van der Waals surface area contributed by atoms with Gasteiger partial charge in [-0.2, -0.15) is 0 Å². The number of carbonyl (C=O) groups excluding carboxylic acids is 1. The summed E-state index contributed by atoms with van der Waals surface area (Å²) in [5, 5.41) is 0. The number of ether oxygens (including phenoxy) is 1. The lowest BCUT2D eigenvalue weighted by molar-refractivity contribution is 0.0143. The fourth-order valence-electron chi connectivity index (χ4n) is 1.85. The molecule has 1 aliphatic heterocycles. The third-order valence-electron chi connectivity index (χ3n) is 2.57. The Bertz CT molecular complexity index is 259. The Morgan fingerprint density at radius 3 is 2.17 bits per heavy atom. The monoisotopic (exact) mass is 279 g/mol. The summed E-state index contributed by atoms with van der Waals surface area (Å²) < 4.78 is 5.34. The molecular formula is C12H26ClN3O2. The van der Waals surface area contributed by atoms with Crippen LogP contribution in [0.4, 0.5) is 4.79 Å². The first-order valence-electron chi connectivity index (χ1n) is 6.24. The third kappa shape index (κ3) is 6.42. The van der Waals surface area contributed by atoms with Crippen molar-refractivity contribution < 1.29 is 9.53 Å². The molecule has 0 radical (unpaired) electrons. The van der Waals surface area contributed by atoms with Gasteiger partial charge in [-0.25, -0.2) is 4.79 Å². The average molecular weight is 280 g/mol. The Kier molecular flexibility index (Phi) is 6.96. The Balaban J connectivity index is 0.00000289. The van der Waals surface area contributed by atoms with Crippen molar-refractivity contribution in [2.45, 2.75) is 39.3 Å². The van der Waals surface area contributed by atoms with Crippen molar-refractivity contribution in [2.24, 2.45) is 5.73 Å². The Morgan fingerprint density at radius 2 is 1.78 bits per heavy atom. The first-order chi connectivity index (χ1) is 7.78. The number of hydrogen-bond acceptors (Lipinski definition) is 4. The van der Waals surface area contributed by atoms with E-state index in [4.69, 9.17) is 10.5 Å². The quantitative estimate of drug-likeness (QED) is 0.828. The molecule has 1 amide bonds. The molecule has 1 atom stereocenters. The van der Waals surface area contributed by atoms with E-state index in [-0.39, 0.29) is 24.5 Å². The first kappa shape index (κ1) is 17.5. The average Bonchev–Trinajstić information content (AvgIpc) is 2.15. The number of nitrogens with two attached hydrogens (primary N) is 1. The number of amides is 1. The fourth-order valence-corrected chi connectivity index (χ4v) is 1.85. The molecule has 0 aromatic rings. The standard InChI is InChI=1S/C12H25N3O2.ClH/c1-10(13)9-14-5-7-15(8-6-14)11(16)17-12(2,3)4;/h10H,5-9,13H2,1-4H3;1H. The zero-order valence-electron chi connectivity index (χ0n) is 11.8. The minimum atomic E-state index is -0.417. The Morgan fingerprint density at radius 1 is 1.28 bits per heavy atom. The number of rotatable bonds is 2. The van der Waals surface area contributed by atoms with Gasteiger partial charge in [-0.05, 0) is 27.7 Å². The van der Waals surface area contributed by atoms with Crippen LogP contribution in [0.3, 0.4) is 0 Å². The highest BCUT2D eigenvalue weighted by atomic mass is 35.5. The molecular weight excluding hydrogens is 254 g/mol. The fraction of sp³-hybridized carbons (Fsp3) is 0.917. The van der Waals surface area contributed by atoms with E-state index < -0.39 is 5.60 Å².